The molecule has 1 aromatic heterocycles. The molecule has 0 spiro atoms. The van der Waals surface area contributed by atoms with Gasteiger partial charge in [-0.1, -0.05) is 0 Å². The van der Waals surface area contributed by atoms with Crippen molar-refractivity contribution in [1.82, 2.24) is 15.3 Å². The number of rotatable bonds is 3. The van der Waals surface area contributed by atoms with Crippen LogP contribution in [0.25, 0.3) is 0 Å². The number of nitrogens with one attached hydrogen (secondary N) is 2. The molecule has 0 unspecified atom stereocenters. The van der Waals surface area contributed by atoms with Crippen molar-refractivity contribution in [2.45, 2.75) is 32.2 Å². The number of ether oxygens (including phenoxy) is 1. The zero-order chi connectivity index (χ0) is 12.3. The van der Waals surface area contributed by atoms with Crippen LogP contribution in [-0.4, -0.2) is 35.7 Å². The zero-order valence-electron chi connectivity index (χ0n) is 10.7. The standard InChI is InChI=1S/C12H20N4O/c1-9-14-10(8-11(15-9)17-3)16-12(2)4-6-13-7-5-12/h8,13H,4-7H2,1-3H3,(H,14,15,16). The highest BCUT2D eigenvalue weighted by molar-refractivity contribution is 5.41. The van der Waals surface area contributed by atoms with E-state index in [1.54, 1.807) is 7.11 Å². The Morgan fingerprint density at radius 1 is 1.35 bits per heavy atom. The molecule has 0 aliphatic carbocycles. The van der Waals surface area contributed by atoms with Gasteiger partial charge in [-0.15, -0.1) is 0 Å². The highest BCUT2D eigenvalue weighted by atomic mass is 16.5. The predicted molar refractivity (Wildman–Crippen MR) is 67.5 cm³/mol. The minimum absolute atomic E-state index is 0.108. The molecule has 0 aromatic carbocycles. The molecule has 2 rings (SSSR count). The van der Waals surface area contributed by atoms with Crippen molar-refractivity contribution in [3.05, 3.63) is 11.9 Å². The summed E-state index contributed by atoms with van der Waals surface area (Å²) in [5, 5.41) is 6.86. The van der Waals surface area contributed by atoms with Crippen molar-refractivity contribution in [2.75, 3.05) is 25.5 Å². The molecule has 5 nitrogen and oxygen atoms in total. The zero-order valence-corrected chi connectivity index (χ0v) is 10.7. The van der Waals surface area contributed by atoms with E-state index in [0.717, 1.165) is 37.6 Å². The third-order valence-corrected chi connectivity index (χ3v) is 3.16. The number of methoxy groups -OCH3 is 1. The van der Waals surface area contributed by atoms with Gasteiger partial charge < -0.3 is 15.4 Å². The topological polar surface area (TPSA) is 59.1 Å². The van der Waals surface area contributed by atoms with Gasteiger partial charge in [-0.05, 0) is 39.8 Å². The maximum atomic E-state index is 5.15. The van der Waals surface area contributed by atoms with Crippen molar-refractivity contribution in [3.8, 4) is 5.88 Å². The first-order chi connectivity index (χ1) is 8.11. The Bertz CT molecular complexity index is 388. The van der Waals surface area contributed by atoms with Crippen LogP contribution in [0.5, 0.6) is 5.88 Å². The Morgan fingerprint density at radius 3 is 2.71 bits per heavy atom. The largest absolute Gasteiger partial charge is 0.481 e. The van der Waals surface area contributed by atoms with Gasteiger partial charge in [0.25, 0.3) is 0 Å². The summed E-state index contributed by atoms with van der Waals surface area (Å²) >= 11 is 0. The summed E-state index contributed by atoms with van der Waals surface area (Å²) in [6.45, 7) is 6.20. The van der Waals surface area contributed by atoms with Crippen LogP contribution in [0.3, 0.4) is 0 Å². The lowest BCUT2D eigenvalue weighted by atomic mass is 9.91. The van der Waals surface area contributed by atoms with E-state index in [-0.39, 0.29) is 5.54 Å². The van der Waals surface area contributed by atoms with Gasteiger partial charge in [0, 0.05) is 11.6 Å². The lowest BCUT2D eigenvalue weighted by molar-refractivity contribution is 0.363. The maximum Gasteiger partial charge on any atom is 0.218 e. The summed E-state index contributed by atoms with van der Waals surface area (Å²) in [5.41, 5.74) is 0.108. The number of hydrogen-bond donors (Lipinski definition) is 2. The van der Waals surface area contributed by atoms with Crippen molar-refractivity contribution >= 4 is 5.82 Å². The Morgan fingerprint density at radius 2 is 2.06 bits per heavy atom. The van der Waals surface area contributed by atoms with E-state index < -0.39 is 0 Å². The molecular weight excluding hydrogens is 216 g/mol. The van der Waals surface area contributed by atoms with E-state index in [2.05, 4.69) is 27.5 Å². The van der Waals surface area contributed by atoms with E-state index in [1.165, 1.54) is 0 Å². The van der Waals surface area contributed by atoms with Gasteiger partial charge in [0.1, 0.15) is 11.6 Å². The molecule has 1 aliphatic heterocycles. The fourth-order valence-corrected chi connectivity index (χ4v) is 2.12. The summed E-state index contributed by atoms with van der Waals surface area (Å²) in [6.07, 6.45) is 2.19. The summed E-state index contributed by atoms with van der Waals surface area (Å²) in [7, 11) is 1.62. The Hall–Kier alpha value is -1.36. The monoisotopic (exact) mass is 236 g/mol. The molecule has 17 heavy (non-hydrogen) atoms. The lowest BCUT2D eigenvalue weighted by Crippen LogP contribution is -2.45. The number of hydrogen-bond acceptors (Lipinski definition) is 5. The van der Waals surface area contributed by atoms with Gasteiger partial charge in [-0.25, -0.2) is 4.98 Å². The maximum absolute atomic E-state index is 5.15. The molecule has 1 aromatic rings. The minimum Gasteiger partial charge on any atom is -0.481 e. The van der Waals surface area contributed by atoms with Crippen LogP contribution in [0, 0.1) is 6.92 Å². The quantitative estimate of drug-likeness (QED) is 0.829. The average molecular weight is 236 g/mol. The molecule has 94 valence electrons. The highest BCUT2D eigenvalue weighted by Gasteiger charge is 2.26. The third kappa shape index (κ3) is 3.06. The molecule has 2 heterocycles. The first-order valence-corrected chi connectivity index (χ1v) is 6.00. The second-order valence-corrected chi connectivity index (χ2v) is 4.78. The number of aryl methyl sites for hydroxylation is 1. The van der Waals surface area contributed by atoms with E-state index in [4.69, 9.17) is 4.74 Å². The molecular formula is C12H20N4O. The number of piperidine rings is 1. The SMILES string of the molecule is COc1cc(NC2(C)CCNCC2)nc(C)n1. The van der Waals surface area contributed by atoms with Gasteiger partial charge >= 0.3 is 0 Å². The van der Waals surface area contributed by atoms with E-state index >= 15 is 0 Å². The van der Waals surface area contributed by atoms with Crippen LogP contribution in [0.2, 0.25) is 0 Å². The number of aromatic nitrogens is 2. The van der Waals surface area contributed by atoms with Crippen LogP contribution < -0.4 is 15.4 Å². The van der Waals surface area contributed by atoms with Gasteiger partial charge in [0.15, 0.2) is 0 Å². The molecule has 2 N–H and O–H groups in total. The Balaban J connectivity index is 2.14. The van der Waals surface area contributed by atoms with Crippen molar-refractivity contribution < 1.29 is 4.74 Å². The fraction of sp³-hybridized carbons (Fsp3) is 0.667. The van der Waals surface area contributed by atoms with Gasteiger partial charge in [0.05, 0.1) is 7.11 Å². The smallest absolute Gasteiger partial charge is 0.218 e. The van der Waals surface area contributed by atoms with Crippen LogP contribution in [0.4, 0.5) is 5.82 Å². The van der Waals surface area contributed by atoms with E-state index in [9.17, 15) is 0 Å². The lowest BCUT2D eigenvalue weighted by Gasteiger charge is -2.35. The predicted octanol–water partition coefficient (Wildman–Crippen LogP) is 1.35. The van der Waals surface area contributed by atoms with Crippen molar-refractivity contribution in [2.24, 2.45) is 0 Å². The summed E-state index contributed by atoms with van der Waals surface area (Å²) in [5.74, 6) is 2.18. The van der Waals surface area contributed by atoms with Crippen LogP contribution in [0.15, 0.2) is 6.07 Å². The molecule has 0 atom stereocenters. The van der Waals surface area contributed by atoms with Crippen LogP contribution in [0.1, 0.15) is 25.6 Å². The fourth-order valence-electron chi connectivity index (χ4n) is 2.12. The second kappa shape index (κ2) is 4.87. The molecule has 1 fully saturated rings. The van der Waals surface area contributed by atoms with E-state index in [1.807, 2.05) is 13.0 Å². The van der Waals surface area contributed by atoms with Crippen molar-refractivity contribution in [1.29, 1.82) is 0 Å². The Labute approximate surface area is 102 Å². The molecule has 0 radical (unpaired) electrons. The highest BCUT2D eigenvalue weighted by Crippen LogP contribution is 2.24. The number of anilines is 1. The normalized spacial score (nSPS) is 18.8. The Kier molecular flexibility index (Phi) is 3.47. The second-order valence-electron chi connectivity index (χ2n) is 4.78. The van der Waals surface area contributed by atoms with Gasteiger partial charge in [-0.2, -0.15) is 4.98 Å². The molecule has 1 aliphatic rings. The minimum atomic E-state index is 0.108. The molecule has 0 bridgehead atoms. The van der Waals surface area contributed by atoms with Crippen LogP contribution in [-0.2, 0) is 0 Å². The molecule has 1 saturated heterocycles. The first kappa shape index (κ1) is 12.1. The average Bonchev–Trinajstić information content (AvgIpc) is 2.28. The third-order valence-electron chi connectivity index (χ3n) is 3.16. The molecule has 0 saturated carbocycles. The summed E-state index contributed by atoms with van der Waals surface area (Å²) in [6, 6.07) is 1.85. The van der Waals surface area contributed by atoms with E-state index in [0.29, 0.717) is 5.88 Å². The van der Waals surface area contributed by atoms with Crippen LogP contribution >= 0.6 is 0 Å². The molecule has 0 amide bonds. The molecule has 5 heteroatoms. The van der Waals surface area contributed by atoms with Gasteiger partial charge in [0.2, 0.25) is 5.88 Å². The van der Waals surface area contributed by atoms with Gasteiger partial charge in [-0.3, -0.25) is 0 Å². The summed E-state index contributed by atoms with van der Waals surface area (Å²) in [4.78, 5) is 8.58. The van der Waals surface area contributed by atoms with Crippen molar-refractivity contribution in [3.63, 3.8) is 0 Å². The summed E-state index contributed by atoms with van der Waals surface area (Å²) < 4.78 is 5.15. The number of nitrogens with zero attached hydrogens (tertiary/aromatic N) is 2. The first-order valence-electron chi connectivity index (χ1n) is 6.00.